The Labute approximate surface area is 120 Å². The van der Waals surface area contributed by atoms with Gasteiger partial charge in [0, 0.05) is 32.7 Å². The van der Waals surface area contributed by atoms with E-state index in [1.807, 2.05) is 0 Å². The molecule has 0 radical (unpaired) electrons. The van der Waals surface area contributed by atoms with E-state index in [4.69, 9.17) is 0 Å². The molecule has 3 heterocycles. The first-order chi connectivity index (χ1) is 9.75. The predicted octanol–water partition coefficient (Wildman–Crippen LogP) is -0.885. The van der Waals surface area contributed by atoms with E-state index in [0.29, 0.717) is 19.6 Å². The lowest BCUT2D eigenvalue weighted by Gasteiger charge is -2.43. The van der Waals surface area contributed by atoms with Crippen molar-refractivity contribution in [2.45, 2.75) is 25.3 Å². The fraction of sp³-hybridized carbons (Fsp3) is 0.857. The lowest BCUT2D eigenvalue weighted by Crippen LogP contribution is -2.65. The van der Waals surface area contributed by atoms with Gasteiger partial charge in [-0.25, -0.2) is 0 Å². The number of fused-ring (bicyclic) bond motifs is 1. The van der Waals surface area contributed by atoms with Gasteiger partial charge in [0.25, 0.3) is 0 Å². The van der Waals surface area contributed by atoms with Crippen molar-refractivity contribution in [3.63, 3.8) is 0 Å². The number of amides is 2. The van der Waals surface area contributed by atoms with Gasteiger partial charge in [-0.1, -0.05) is 0 Å². The molecule has 0 aromatic carbocycles. The van der Waals surface area contributed by atoms with Crippen LogP contribution in [-0.2, 0) is 9.59 Å². The molecule has 3 fully saturated rings. The van der Waals surface area contributed by atoms with E-state index in [1.165, 1.54) is 25.9 Å². The van der Waals surface area contributed by atoms with Gasteiger partial charge in [-0.3, -0.25) is 9.59 Å². The molecule has 0 spiro atoms. The van der Waals surface area contributed by atoms with Crippen LogP contribution in [0.15, 0.2) is 0 Å². The van der Waals surface area contributed by atoms with E-state index in [9.17, 15) is 9.59 Å². The lowest BCUT2D eigenvalue weighted by molar-refractivity contribution is -0.159. The molecular weight excluding hydrogens is 256 g/mol. The smallest absolute Gasteiger partial charge is 0.312 e. The van der Waals surface area contributed by atoms with Crippen molar-refractivity contribution in [1.82, 2.24) is 20.0 Å². The molecule has 0 aromatic rings. The zero-order valence-corrected chi connectivity index (χ0v) is 12.0. The number of piperazine rings is 2. The fourth-order valence-electron chi connectivity index (χ4n) is 3.47. The summed E-state index contributed by atoms with van der Waals surface area (Å²) in [6.07, 6.45) is 3.56. The number of nitrogens with one attached hydrogen (secondary N) is 1. The highest BCUT2D eigenvalue weighted by atomic mass is 16.2. The van der Waals surface area contributed by atoms with E-state index in [2.05, 4.69) is 10.2 Å². The highest BCUT2D eigenvalue weighted by molar-refractivity contribution is 6.35. The Bertz CT molecular complexity index is 381. The second-order valence-corrected chi connectivity index (χ2v) is 6.01. The Kier molecular flexibility index (Phi) is 4.21. The molecule has 3 aliphatic rings. The maximum Gasteiger partial charge on any atom is 0.312 e. The zero-order chi connectivity index (χ0) is 13.9. The van der Waals surface area contributed by atoms with E-state index in [-0.39, 0.29) is 17.9 Å². The van der Waals surface area contributed by atoms with Gasteiger partial charge in [-0.05, 0) is 38.9 Å². The van der Waals surface area contributed by atoms with Gasteiger partial charge in [-0.2, -0.15) is 0 Å². The van der Waals surface area contributed by atoms with Crippen molar-refractivity contribution in [2.75, 3.05) is 52.4 Å². The Morgan fingerprint density at radius 2 is 1.85 bits per heavy atom. The van der Waals surface area contributed by atoms with Crippen LogP contribution in [0.25, 0.3) is 0 Å². The fourth-order valence-corrected chi connectivity index (χ4v) is 3.47. The summed E-state index contributed by atoms with van der Waals surface area (Å²) in [6, 6.07) is 0.167. The molecule has 6 heteroatoms. The normalized spacial score (nSPS) is 28.1. The van der Waals surface area contributed by atoms with Crippen LogP contribution in [0, 0.1) is 0 Å². The standard InChI is InChI=1S/C14H24N4O2/c19-13-14(20)18-9-4-15-10-12(18)11-17(13)8-3-7-16-5-1-2-6-16/h12,15H,1-11H2. The van der Waals surface area contributed by atoms with Crippen molar-refractivity contribution in [3.8, 4) is 0 Å². The second kappa shape index (κ2) is 6.10. The molecule has 3 aliphatic heterocycles. The number of nitrogens with zero attached hydrogens (tertiary/aromatic N) is 3. The molecule has 2 amide bonds. The molecule has 6 nitrogen and oxygen atoms in total. The Balaban J connectivity index is 1.50. The highest BCUT2D eigenvalue weighted by Crippen LogP contribution is 2.15. The largest absolute Gasteiger partial charge is 0.332 e. The van der Waals surface area contributed by atoms with Crippen LogP contribution in [0.5, 0.6) is 0 Å². The molecule has 1 N–H and O–H groups in total. The van der Waals surface area contributed by atoms with Crippen LogP contribution in [-0.4, -0.2) is 84.9 Å². The van der Waals surface area contributed by atoms with Gasteiger partial charge >= 0.3 is 11.8 Å². The molecule has 0 saturated carbocycles. The van der Waals surface area contributed by atoms with Crippen LogP contribution in [0.2, 0.25) is 0 Å². The number of rotatable bonds is 4. The van der Waals surface area contributed by atoms with Gasteiger partial charge < -0.3 is 20.0 Å². The van der Waals surface area contributed by atoms with Crippen LogP contribution in [0.3, 0.4) is 0 Å². The maximum atomic E-state index is 12.1. The Morgan fingerprint density at radius 1 is 1.05 bits per heavy atom. The molecule has 0 aromatic heterocycles. The predicted molar refractivity (Wildman–Crippen MR) is 75.2 cm³/mol. The summed E-state index contributed by atoms with van der Waals surface area (Å²) in [5.41, 5.74) is 0. The minimum absolute atomic E-state index is 0.167. The molecule has 1 atom stereocenters. The summed E-state index contributed by atoms with van der Waals surface area (Å²) < 4.78 is 0. The molecule has 3 saturated heterocycles. The molecule has 3 rings (SSSR count). The minimum Gasteiger partial charge on any atom is -0.332 e. The van der Waals surface area contributed by atoms with Crippen molar-refractivity contribution >= 4 is 11.8 Å². The summed E-state index contributed by atoms with van der Waals surface area (Å²) in [5.74, 6) is -0.603. The van der Waals surface area contributed by atoms with Gasteiger partial charge in [0.1, 0.15) is 0 Å². The van der Waals surface area contributed by atoms with Crippen LogP contribution in [0.4, 0.5) is 0 Å². The quantitative estimate of drug-likeness (QED) is 0.679. The highest BCUT2D eigenvalue weighted by Gasteiger charge is 2.39. The third-order valence-electron chi connectivity index (χ3n) is 4.61. The van der Waals surface area contributed by atoms with Crippen molar-refractivity contribution in [3.05, 3.63) is 0 Å². The van der Waals surface area contributed by atoms with E-state index in [0.717, 1.165) is 26.1 Å². The van der Waals surface area contributed by atoms with Crippen molar-refractivity contribution < 1.29 is 9.59 Å². The Morgan fingerprint density at radius 3 is 2.65 bits per heavy atom. The SMILES string of the molecule is O=C1C(=O)N2CCNCC2CN1CCCN1CCCC1. The molecule has 0 bridgehead atoms. The molecule has 0 aliphatic carbocycles. The van der Waals surface area contributed by atoms with Crippen LogP contribution in [0.1, 0.15) is 19.3 Å². The summed E-state index contributed by atoms with van der Waals surface area (Å²) in [7, 11) is 0. The first-order valence-corrected chi connectivity index (χ1v) is 7.78. The topological polar surface area (TPSA) is 55.9 Å². The monoisotopic (exact) mass is 280 g/mol. The minimum atomic E-state index is -0.302. The third kappa shape index (κ3) is 2.81. The summed E-state index contributed by atoms with van der Waals surface area (Å²) >= 11 is 0. The number of carbonyl (C=O) groups excluding carboxylic acids is 2. The van der Waals surface area contributed by atoms with Gasteiger partial charge in [0.2, 0.25) is 0 Å². The average molecular weight is 280 g/mol. The number of hydrogen-bond acceptors (Lipinski definition) is 4. The number of carbonyl (C=O) groups is 2. The van der Waals surface area contributed by atoms with Gasteiger partial charge in [0.15, 0.2) is 0 Å². The molecule has 1 unspecified atom stereocenters. The van der Waals surface area contributed by atoms with Crippen LogP contribution >= 0.6 is 0 Å². The molecule has 112 valence electrons. The van der Waals surface area contributed by atoms with Gasteiger partial charge in [0.05, 0.1) is 6.04 Å². The number of hydrogen-bond donors (Lipinski definition) is 1. The zero-order valence-electron chi connectivity index (χ0n) is 12.0. The lowest BCUT2D eigenvalue weighted by atomic mass is 10.1. The van der Waals surface area contributed by atoms with Crippen molar-refractivity contribution in [2.24, 2.45) is 0 Å². The second-order valence-electron chi connectivity index (χ2n) is 6.01. The first kappa shape index (κ1) is 13.8. The van der Waals surface area contributed by atoms with Crippen LogP contribution < -0.4 is 5.32 Å². The summed E-state index contributed by atoms with van der Waals surface area (Å²) in [6.45, 7) is 7.09. The van der Waals surface area contributed by atoms with E-state index >= 15 is 0 Å². The maximum absolute atomic E-state index is 12.1. The molecular formula is C14H24N4O2. The molecule has 20 heavy (non-hydrogen) atoms. The first-order valence-electron chi connectivity index (χ1n) is 7.78. The Hall–Kier alpha value is -1.14. The summed E-state index contributed by atoms with van der Waals surface area (Å²) in [5, 5.41) is 3.30. The van der Waals surface area contributed by atoms with Gasteiger partial charge in [-0.15, -0.1) is 0 Å². The van der Waals surface area contributed by atoms with E-state index in [1.54, 1.807) is 9.80 Å². The number of likely N-dealkylation sites (tertiary alicyclic amines) is 1. The van der Waals surface area contributed by atoms with Crippen molar-refractivity contribution in [1.29, 1.82) is 0 Å². The average Bonchev–Trinajstić information content (AvgIpc) is 2.97. The van der Waals surface area contributed by atoms with E-state index < -0.39 is 0 Å². The summed E-state index contributed by atoms with van der Waals surface area (Å²) in [4.78, 5) is 30.1. The third-order valence-corrected chi connectivity index (χ3v) is 4.61.